The summed E-state index contributed by atoms with van der Waals surface area (Å²) in [5.41, 5.74) is 2.46. The fourth-order valence-electron chi connectivity index (χ4n) is 2.73. The maximum Gasteiger partial charge on any atom is 0.207 e. The maximum atomic E-state index is 5.06. The topological polar surface area (TPSA) is 47.0 Å². The average molecular weight is 350 g/mol. The van der Waals surface area contributed by atoms with Gasteiger partial charge in [0.2, 0.25) is 5.13 Å². The second-order valence-electron chi connectivity index (χ2n) is 5.80. The predicted octanol–water partition coefficient (Wildman–Crippen LogP) is 4.65. The van der Waals surface area contributed by atoms with Gasteiger partial charge in [-0.3, -0.25) is 0 Å². The normalized spacial score (nSPS) is 15.2. The van der Waals surface area contributed by atoms with Gasteiger partial charge in [0.1, 0.15) is 5.82 Å². The molecule has 1 heterocycles. The molecule has 3 rings (SSSR count). The summed E-state index contributed by atoms with van der Waals surface area (Å²) in [6.45, 7) is 0.657. The molecule has 1 aliphatic rings. The highest BCUT2D eigenvalue weighted by Gasteiger charge is 2.15. The lowest BCUT2D eigenvalue weighted by molar-refractivity contribution is 0.201. The quantitative estimate of drug-likeness (QED) is 0.752. The second-order valence-corrected chi connectivity index (χ2v) is 7.84. The SMILES string of the molecule is COCCc1nsc(Nc2cccc(CSC3CCCC3)c2)n1. The standard InChI is InChI=1S/C17H23N3OS2/c1-21-10-9-16-19-17(23-20-16)18-14-6-4-5-13(11-14)12-22-15-7-2-3-8-15/h4-6,11,15H,2-3,7-10,12H2,1H3,(H,18,19,20). The van der Waals surface area contributed by atoms with Crippen molar-refractivity contribution in [1.82, 2.24) is 9.36 Å². The first-order valence-electron chi connectivity index (χ1n) is 8.12. The van der Waals surface area contributed by atoms with Gasteiger partial charge >= 0.3 is 0 Å². The molecule has 4 nitrogen and oxygen atoms in total. The van der Waals surface area contributed by atoms with E-state index in [1.54, 1.807) is 7.11 Å². The van der Waals surface area contributed by atoms with Crippen molar-refractivity contribution in [3.05, 3.63) is 35.7 Å². The van der Waals surface area contributed by atoms with Crippen LogP contribution in [0.1, 0.15) is 37.1 Å². The number of hydrogen-bond donors (Lipinski definition) is 1. The van der Waals surface area contributed by atoms with Gasteiger partial charge < -0.3 is 10.1 Å². The van der Waals surface area contributed by atoms with Crippen molar-refractivity contribution in [3.63, 3.8) is 0 Å². The van der Waals surface area contributed by atoms with Crippen LogP contribution < -0.4 is 5.32 Å². The van der Waals surface area contributed by atoms with Gasteiger partial charge in [0.05, 0.1) is 6.61 Å². The van der Waals surface area contributed by atoms with Crippen LogP contribution in [0, 0.1) is 0 Å². The summed E-state index contributed by atoms with van der Waals surface area (Å²) in [6.07, 6.45) is 6.34. The molecular weight excluding hydrogens is 326 g/mol. The van der Waals surface area contributed by atoms with Gasteiger partial charge in [-0.25, -0.2) is 4.98 Å². The molecule has 0 unspecified atom stereocenters. The first kappa shape index (κ1) is 16.7. The van der Waals surface area contributed by atoms with Crippen molar-refractivity contribution in [2.45, 2.75) is 43.1 Å². The summed E-state index contributed by atoms with van der Waals surface area (Å²) in [7, 11) is 1.70. The van der Waals surface area contributed by atoms with Crippen LogP contribution in [-0.2, 0) is 16.9 Å². The van der Waals surface area contributed by atoms with Gasteiger partial charge in [-0.05, 0) is 30.5 Å². The molecule has 124 valence electrons. The molecule has 1 aromatic carbocycles. The Morgan fingerprint density at radius 3 is 3.04 bits per heavy atom. The second kappa shape index (κ2) is 8.66. The zero-order valence-electron chi connectivity index (χ0n) is 13.5. The third kappa shape index (κ3) is 5.19. The van der Waals surface area contributed by atoms with Crippen LogP contribution in [0.25, 0.3) is 0 Å². The van der Waals surface area contributed by atoms with Gasteiger partial charge in [0.15, 0.2) is 0 Å². The predicted molar refractivity (Wildman–Crippen MR) is 98.8 cm³/mol. The summed E-state index contributed by atoms with van der Waals surface area (Å²) in [5, 5.41) is 5.07. The number of ether oxygens (including phenoxy) is 1. The van der Waals surface area contributed by atoms with E-state index in [1.165, 1.54) is 42.8 Å². The number of rotatable bonds is 8. The Morgan fingerprint density at radius 1 is 1.35 bits per heavy atom. The van der Waals surface area contributed by atoms with Crippen molar-refractivity contribution in [2.24, 2.45) is 0 Å². The largest absolute Gasteiger partial charge is 0.384 e. The van der Waals surface area contributed by atoms with Crippen LogP contribution in [0.5, 0.6) is 0 Å². The molecule has 6 heteroatoms. The van der Waals surface area contributed by atoms with Crippen molar-refractivity contribution >= 4 is 34.1 Å². The first-order chi connectivity index (χ1) is 11.3. The van der Waals surface area contributed by atoms with Crippen molar-refractivity contribution < 1.29 is 4.74 Å². The molecule has 1 aliphatic carbocycles. The fraction of sp³-hybridized carbons (Fsp3) is 0.529. The molecule has 0 bridgehead atoms. The molecule has 0 atom stereocenters. The Balaban J connectivity index is 1.55. The molecule has 0 saturated heterocycles. The molecular formula is C17H23N3OS2. The van der Waals surface area contributed by atoms with Gasteiger partial charge in [0.25, 0.3) is 0 Å². The van der Waals surface area contributed by atoms with Crippen LogP contribution in [0.2, 0.25) is 0 Å². The van der Waals surface area contributed by atoms with Crippen molar-refractivity contribution in [2.75, 3.05) is 19.0 Å². The Labute approximate surface area is 146 Å². The highest BCUT2D eigenvalue weighted by Crippen LogP contribution is 2.32. The monoisotopic (exact) mass is 349 g/mol. The Kier molecular flexibility index (Phi) is 6.30. The van der Waals surface area contributed by atoms with Gasteiger partial charge in [-0.2, -0.15) is 16.1 Å². The number of nitrogens with zero attached hydrogens (tertiary/aromatic N) is 2. The third-order valence-corrected chi connectivity index (χ3v) is 6.08. The van der Waals surface area contributed by atoms with Crippen LogP contribution in [0.15, 0.2) is 24.3 Å². The van der Waals surface area contributed by atoms with Crippen LogP contribution in [0.3, 0.4) is 0 Å². The molecule has 1 saturated carbocycles. The highest BCUT2D eigenvalue weighted by atomic mass is 32.2. The van der Waals surface area contributed by atoms with E-state index in [0.717, 1.165) is 34.1 Å². The van der Waals surface area contributed by atoms with Crippen LogP contribution >= 0.6 is 23.3 Å². The Morgan fingerprint density at radius 2 is 2.22 bits per heavy atom. The van der Waals surface area contributed by atoms with Gasteiger partial charge in [0, 0.05) is 41.8 Å². The van der Waals surface area contributed by atoms with Gasteiger partial charge in [-0.1, -0.05) is 25.0 Å². The molecule has 0 spiro atoms. The maximum absolute atomic E-state index is 5.06. The summed E-state index contributed by atoms with van der Waals surface area (Å²) in [6, 6.07) is 8.62. The van der Waals surface area contributed by atoms with Crippen LogP contribution in [0.4, 0.5) is 10.8 Å². The number of benzene rings is 1. The fourth-order valence-corrected chi connectivity index (χ4v) is 4.64. The summed E-state index contributed by atoms with van der Waals surface area (Å²) in [5.74, 6) is 1.93. The van der Waals surface area contributed by atoms with Crippen molar-refractivity contribution in [3.8, 4) is 0 Å². The lowest BCUT2D eigenvalue weighted by atomic mass is 10.2. The van der Waals surface area contributed by atoms with Crippen LogP contribution in [-0.4, -0.2) is 28.3 Å². The minimum atomic E-state index is 0.657. The smallest absolute Gasteiger partial charge is 0.207 e. The number of anilines is 2. The minimum Gasteiger partial charge on any atom is -0.384 e. The highest BCUT2D eigenvalue weighted by molar-refractivity contribution is 7.99. The lowest BCUT2D eigenvalue weighted by Gasteiger charge is -2.09. The molecule has 1 fully saturated rings. The van der Waals surface area contributed by atoms with E-state index in [4.69, 9.17) is 4.74 Å². The summed E-state index contributed by atoms with van der Waals surface area (Å²) < 4.78 is 9.40. The van der Waals surface area contributed by atoms with E-state index in [2.05, 4.69) is 50.7 Å². The molecule has 1 aromatic heterocycles. The molecule has 23 heavy (non-hydrogen) atoms. The van der Waals surface area contributed by atoms with E-state index >= 15 is 0 Å². The van der Waals surface area contributed by atoms with Gasteiger partial charge in [-0.15, -0.1) is 0 Å². The molecule has 0 amide bonds. The molecule has 1 N–H and O–H groups in total. The molecule has 0 radical (unpaired) electrons. The van der Waals surface area contributed by atoms with E-state index in [-0.39, 0.29) is 0 Å². The lowest BCUT2D eigenvalue weighted by Crippen LogP contribution is -1.97. The number of methoxy groups -OCH3 is 1. The van der Waals surface area contributed by atoms with E-state index < -0.39 is 0 Å². The third-order valence-electron chi connectivity index (χ3n) is 3.96. The van der Waals surface area contributed by atoms with E-state index in [0.29, 0.717) is 6.61 Å². The number of aromatic nitrogens is 2. The zero-order valence-corrected chi connectivity index (χ0v) is 15.1. The van der Waals surface area contributed by atoms with E-state index in [1.807, 2.05) is 0 Å². The number of nitrogens with one attached hydrogen (secondary N) is 1. The summed E-state index contributed by atoms with van der Waals surface area (Å²) in [4.78, 5) is 4.49. The zero-order chi connectivity index (χ0) is 15.9. The minimum absolute atomic E-state index is 0.657. The molecule has 0 aliphatic heterocycles. The van der Waals surface area contributed by atoms with E-state index in [9.17, 15) is 0 Å². The number of thioether (sulfide) groups is 1. The average Bonchev–Trinajstić information content (AvgIpc) is 3.23. The van der Waals surface area contributed by atoms with Crippen molar-refractivity contribution in [1.29, 1.82) is 0 Å². The molecule has 2 aromatic rings. The Bertz CT molecular complexity index is 611. The first-order valence-corrected chi connectivity index (χ1v) is 9.95. The number of hydrogen-bond acceptors (Lipinski definition) is 6. The summed E-state index contributed by atoms with van der Waals surface area (Å²) >= 11 is 3.50. The Hall–Kier alpha value is -1.11.